The Balaban J connectivity index is 1.72. The maximum Gasteiger partial charge on any atom is 0.132 e. The molecular weight excluding hydrogens is 300 g/mol. The summed E-state index contributed by atoms with van der Waals surface area (Å²) in [6.07, 6.45) is 7.61. The average Bonchev–Trinajstić information content (AvgIpc) is 3.35. The van der Waals surface area contributed by atoms with Gasteiger partial charge in [0.1, 0.15) is 5.76 Å². The van der Waals surface area contributed by atoms with Gasteiger partial charge in [-0.15, -0.1) is 0 Å². The second-order valence-electron chi connectivity index (χ2n) is 7.59. The van der Waals surface area contributed by atoms with Gasteiger partial charge in [0, 0.05) is 16.4 Å². The largest absolute Gasteiger partial charge is 0.465 e. The van der Waals surface area contributed by atoms with Gasteiger partial charge in [0.15, 0.2) is 0 Å². The van der Waals surface area contributed by atoms with Crippen molar-refractivity contribution in [1.82, 2.24) is 10.2 Å². The second-order valence-corrected chi connectivity index (χ2v) is 7.59. The van der Waals surface area contributed by atoms with Gasteiger partial charge < -0.3 is 9.52 Å². The van der Waals surface area contributed by atoms with Gasteiger partial charge in [-0.1, -0.05) is 6.07 Å². The summed E-state index contributed by atoms with van der Waals surface area (Å²) >= 11 is 0. The number of H-pyrrole nitrogens is 1. The van der Waals surface area contributed by atoms with Crippen LogP contribution >= 0.6 is 0 Å². The van der Waals surface area contributed by atoms with E-state index in [2.05, 4.69) is 22.3 Å². The summed E-state index contributed by atoms with van der Waals surface area (Å²) in [7, 11) is 0. The zero-order valence-electron chi connectivity index (χ0n) is 13.2. The highest BCUT2D eigenvalue weighted by Crippen LogP contribution is 2.65. The predicted molar refractivity (Wildman–Crippen MR) is 91.1 cm³/mol. The summed E-state index contributed by atoms with van der Waals surface area (Å²) in [6.45, 7) is 0. The second kappa shape index (κ2) is 4.19. The summed E-state index contributed by atoms with van der Waals surface area (Å²) in [5.74, 6) is 1.18. The van der Waals surface area contributed by atoms with Crippen LogP contribution in [0.3, 0.4) is 0 Å². The van der Waals surface area contributed by atoms with Gasteiger partial charge in [-0.25, -0.2) is 0 Å². The van der Waals surface area contributed by atoms with Crippen LogP contribution in [0.4, 0.5) is 0 Å². The number of aliphatic hydroxyl groups is 1. The molecule has 2 N–H and O–H groups in total. The molecule has 1 spiro atoms. The molecule has 24 heavy (non-hydrogen) atoms. The average molecular weight is 318 g/mol. The van der Waals surface area contributed by atoms with Crippen molar-refractivity contribution in [3.8, 4) is 0 Å². The lowest BCUT2D eigenvalue weighted by Crippen LogP contribution is -2.30. The predicted octanol–water partition coefficient (Wildman–Crippen LogP) is 3.78. The molecule has 3 aliphatic rings. The van der Waals surface area contributed by atoms with Crippen LogP contribution < -0.4 is 0 Å². The van der Waals surface area contributed by atoms with E-state index in [0.717, 1.165) is 42.5 Å². The highest BCUT2D eigenvalue weighted by Gasteiger charge is 2.55. The maximum atomic E-state index is 11.0. The zero-order valence-corrected chi connectivity index (χ0v) is 13.2. The topological polar surface area (TPSA) is 62.1 Å². The minimum Gasteiger partial charge on any atom is -0.465 e. The van der Waals surface area contributed by atoms with Crippen molar-refractivity contribution in [3.05, 3.63) is 53.6 Å². The third-order valence-corrected chi connectivity index (χ3v) is 6.50. The Hall–Kier alpha value is -2.33. The number of benzene rings is 1. The van der Waals surface area contributed by atoms with Gasteiger partial charge in [-0.3, -0.25) is 5.10 Å². The summed E-state index contributed by atoms with van der Waals surface area (Å²) in [5.41, 5.74) is 6.29. The molecule has 4 nitrogen and oxygen atoms in total. The monoisotopic (exact) mass is 318 g/mol. The molecule has 3 aliphatic carbocycles. The van der Waals surface area contributed by atoms with Gasteiger partial charge in [0.2, 0.25) is 0 Å². The van der Waals surface area contributed by atoms with Crippen LogP contribution in [0.1, 0.15) is 36.1 Å². The fraction of sp³-hybridized carbons (Fsp3) is 0.350. The Labute approximate surface area is 139 Å². The Kier molecular flexibility index (Phi) is 2.27. The number of aliphatic hydroxyl groups excluding tert-OH is 1. The van der Waals surface area contributed by atoms with Crippen molar-refractivity contribution in [2.75, 3.05) is 0 Å². The molecular formula is C20H18N2O2. The minimum absolute atomic E-state index is 0.167. The first-order chi connectivity index (χ1) is 11.8. The van der Waals surface area contributed by atoms with E-state index < -0.39 is 6.10 Å². The number of aromatic amines is 1. The molecule has 0 unspecified atom stereocenters. The van der Waals surface area contributed by atoms with E-state index >= 15 is 0 Å². The first-order valence-corrected chi connectivity index (χ1v) is 8.69. The molecule has 6 rings (SSSR count). The van der Waals surface area contributed by atoms with Crippen LogP contribution in [0.25, 0.3) is 22.0 Å². The van der Waals surface area contributed by atoms with Crippen LogP contribution in [0.2, 0.25) is 0 Å². The lowest BCUT2D eigenvalue weighted by molar-refractivity contribution is 0.150. The molecule has 0 saturated heterocycles. The first-order valence-electron chi connectivity index (χ1n) is 8.69. The molecule has 0 radical (unpaired) electrons. The van der Waals surface area contributed by atoms with Crippen molar-refractivity contribution < 1.29 is 9.52 Å². The fourth-order valence-electron chi connectivity index (χ4n) is 5.55. The molecule has 1 fully saturated rings. The lowest BCUT2D eigenvalue weighted by Gasteiger charge is -2.35. The SMILES string of the molecule is O[C@H]1C(c2ccco2)=C2c3ccc4[nH]ncc4c3C[C@@]23CC[C@@H]1C3. The minimum atomic E-state index is -0.423. The van der Waals surface area contributed by atoms with Crippen LogP contribution in [-0.4, -0.2) is 21.4 Å². The third-order valence-electron chi connectivity index (χ3n) is 6.50. The number of fused-ring (bicyclic) bond motifs is 5. The van der Waals surface area contributed by atoms with E-state index in [1.807, 2.05) is 18.3 Å². The molecule has 3 aromatic rings. The molecule has 2 bridgehead atoms. The Morgan fingerprint density at radius 3 is 3.12 bits per heavy atom. The Bertz CT molecular complexity index is 998. The number of nitrogens with one attached hydrogen (secondary N) is 1. The lowest BCUT2D eigenvalue weighted by atomic mass is 9.70. The van der Waals surface area contributed by atoms with E-state index in [9.17, 15) is 5.11 Å². The normalized spacial score (nSPS) is 30.9. The maximum absolute atomic E-state index is 11.0. The smallest absolute Gasteiger partial charge is 0.132 e. The number of rotatable bonds is 1. The van der Waals surface area contributed by atoms with Gasteiger partial charge in [-0.2, -0.15) is 5.10 Å². The number of aromatic nitrogens is 2. The van der Waals surface area contributed by atoms with E-state index in [0.29, 0.717) is 5.92 Å². The third kappa shape index (κ3) is 1.41. The molecule has 2 aromatic heterocycles. The van der Waals surface area contributed by atoms with E-state index in [-0.39, 0.29) is 5.41 Å². The molecule has 120 valence electrons. The highest BCUT2D eigenvalue weighted by molar-refractivity contribution is 6.02. The summed E-state index contributed by atoms with van der Waals surface area (Å²) in [6, 6.07) is 8.21. The van der Waals surface area contributed by atoms with Crippen LogP contribution in [0.15, 0.2) is 41.1 Å². The Morgan fingerprint density at radius 2 is 2.25 bits per heavy atom. The summed E-state index contributed by atoms with van der Waals surface area (Å²) in [5, 5.41) is 19.6. The van der Waals surface area contributed by atoms with E-state index in [1.54, 1.807) is 6.26 Å². The van der Waals surface area contributed by atoms with Crippen molar-refractivity contribution in [3.63, 3.8) is 0 Å². The molecule has 3 atom stereocenters. The molecule has 0 aliphatic heterocycles. The summed E-state index contributed by atoms with van der Waals surface area (Å²) in [4.78, 5) is 0. The van der Waals surface area contributed by atoms with Crippen molar-refractivity contribution in [2.45, 2.75) is 31.8 Å². The molecule has 1 saturated carbocycles. The van der Waals surface area contributed by atoms with Crippen molar-refractivity contribution in [2.24, 2.45) is 11.3 Å². The van der Waals surface area contributed by atoms with Gasteiger partial charge >= 0.3 is 0 Å². The van der Waals surface area contributed by atoms with Crippen LogP contribution in [0, 0.1) is 11.3 Å². The number of hydrogen-bond acceptors (Lipinski definition) is 3. The quantitative estimate of drug-likeness (QED) is 0.717. The Morgan fingerprint density at radius 1 is 1.29 bits per heavy atom. The molecule has 0 amide bonds. The number of hydrogen-bond donors (Lipinski definition) is 2. The fourth-order valence-corrected chi connectivity index (χ4v) is 5.55. The zero-order chi connectivity index (χ0) is 15.9. The first kappa shape index (κ1) is 13.0. The van der Waals surface area contributed by atoms with Gasteiger partial charge in [0.05, 0.1) is 24.1 Å². The molecule has 4 heteroatoms. The van der Waals surface area contributed by atoms with Crippen LogP contribution in [0.5, 0.6) is 0 Å². The van der Waals surface area contributed by atoms with Gasteiger partial charge in [0.25, 0.3) is 0 Å². The summed E-state index contributed by atoms with van der Waals surface area (Å²) < 4.78 is 5.72. The number of nitrogens with zero attached hydrogens (tertiary/aromatic N) is 1. The van der Waals surface area contributed by atoms with E-state index in [4.69, 9.17) is 4.42 Å². The van der Waals surface area contributed by atoms with Gasteiger partial charge in [-0.05, 0) is 66.5 Å². The highest BCUT2D eigenvalue weighted by atomic mass is 16.3. The van der Waals surface area contributed by atoms with Crippen molar-refractivity contribution >= 4 is 22.0 Å². The number of furan rings is 1. The molecule has 1 aromatic carbocycles. The number of allylic oxidation sites excluding steroid dienone is 1. The van der Waals surface area contributed by atoms with Crippen LogP contribution in [-0.2, 0) is 6.42 Å². The van der Waals surface area contributed by atoms with E-state index in [1.165, 1.54) is 22.1 Å². The van der Waals surface area contributed by atoms with Crippen molar-refractivity contribution in [1.29, 1.82) is 0 Å². The molecule has 2 heterocycles. The standard InChI is InChI=1S/C20H18N2O2/c23-19-11-5-6-20(8-11)9-13-12(3-4-15-14(13)10-21-22-15)18(20)17(19)16-2-1-7-24-16/h1-4,7,10-11,19,23H,5-6,8-9H2,(H,21,22)/t11-,19-,20+/m1/s1.